The Hall–Kier alpha value is -1.07. The summed E-state index contributed by atoms with van der Waals surface area (Å²) in [6.07, 6.45) is -2.06. The van der Waals surface area contributed by atoms with E-state index >= 15 is 0 Å². The zero-order chi connectivity index (χ0) is 15.9. The van der Waals surface area contributed by atoms with Crippen molar-refractivity contribution in [2.45, 2.75) is 51.9 Å². The van der Waals surface area contributed by atoms with Crippen LogP contribution in [0.25, 0.3) is 0 Å². The smallest absolute Gasteiger partial charge is 0.379 e. The predicted octanol–water partition coefficient (Wildman–Crippen LogP) is 4.56. The summed E-state index contributed by atoms with van der Waals surface area (Å²) in [6, 6.07) is 5.36. The second-order valence-corrected chi connectivity index (χ2v) is 5.42. The number of benzene rings is 1. The van der Waals surface area contributed by atoms with Gasteiger partial charge in [-0.2, -0.15) is 13.2 Å². The lowest BCUT2D eigenvalue weighted by molar-refractivity contribution is -0.137. The summed E-state index contributed by atoms with van der Waals surface area (Å²) in [5.74, 6) is 0. The molecule has 0 bridgehead atoms. The van der Waals surface area contributed by atoms with Crippen molar-refractivity contribution >= 4 is 0 Å². The third-order valence-corrected chi connectivity index (χ3v) is 3.21. The monoisotopic (exact) mass is 303 g/mol. The third kappa shape index (κ3) is 6.96. The van der Waals surface area contributed by atoms with Crippen LogP contribution < -0.4 is 5.32 Å². The molecule has 2 nitrogen and oxygen atoms in total. The molecule has 1 unspecified atom stereocenters. The molecule has 1 atom stereocenters. The average molecular weight is 303 g/mol. The molecule has 0 aliphatic rings. The van der Waals surface area contributed by atoms with Crippen molar-refractivity contribution in [1.82, 2.24) is 5.32 Å². The molecule has 120 valence electrons. The number of halogens is 3. The van der Waals surface area contributed by atoms with E-state index in [2.05, 4.69) is 5.32 Å². The SMILES string of the molecule is CC(C)OCCCCNC(C)c1ccc(C(F)(F)F)cc1. The van der Waals surface area contributed by atoms with Gasteiger partial charge in [-0.25, -0.2) is 0 Å². The number of rotatable bonds is 8. The Morgan fingerprint density at radius 1 is 1.05 bits per heavy atom. The molecule has 0 saturated heterocycles. The molecule has 0 amide bonds. The maximum absolute atomic E-state index is 12.5. The van der Waals surface area contributed by atoms with E-state index in [1.165, 1.54) is 12.1 Å². The van der Waals surface area contributed by atoms with Crippen molar-refractivity contribution in [2.24, 2.45) is 0 Å². The zero-order valence-electron chi connectivity index (χ0n) is 12.8. The molecule has 1 aromatic rings. The molecule has 0 aromatic heterocycles. The minimum Gasteiger partial charge on any atom is -0.379 e. The van der Waals surface area contributed by atoms with Crippen LogP contribution >= 0.6 is 0 Å². The maximum atomic E-state index is 12.5. The van der Waals surface area contributed by atoms with Crippen molar-refractivity contribution in [3.63, 3.8) is 0 Å². The molecule has 1 N–H and O–H groups in total. The number of hydrogen-bond donors (Lipinski definition) is 1. The lowest BCUT2D eigenvalue weighted by atomic mass is 10.1. The van der Waals surface area contributed by atoms with Crippen LogP contribution in [0.4, 0.5) is 13.2 Å². The lowest BCUT2D eigenvalue weighted by Crippen LogP contribution is -2.20. The Bertz CT molecular complexity index is 401. The van der Waals surface area contributed by atoms with Gasteiger partial charge >= 0.3 is 6.18 Å². The number of alkyl halides is 3. The molecule has 0 aliphatic heterocycles. The molecule has 0 fully saturated rings. The summed E-state index contributed by atoms with van der Waals surface area (Å²) in [5.41, 5.74) is 0.255. The number of hydrogen-bond acceptors (Lipinski definition) is 2. The first kappa shape index (κ1) is 18.0. The van der Waals surface area contributed by atoms with E-state index in [1.807, 2.05) is 20.8 Å². The highest BCUT2D eigenvalue weighted by molar-refractivity contribution is 5.26. The van der Waals surface area contributed by atoms with Crippen molar-refractivity contribution in [2.75, 3.05) is 13.2 Å². The van der Waals surface area contributed by atoms with Crippen molar-refractivity contribution in [3.05, 3.63) is 35.4 Å². The van der Waals surface area contributed by atoms with Gasteiger partial charge in [-0.15, -0.1) is 0 Å². The summed E-state index contributed by atoms with van der Waals surface area (Å²) in [4.78, 5) is 0. The topological polar surface area (TPSA) is 21.3 Å². The maximum Gasteiger partial charge on any atom is 0.416 e. The van der Waals surface area contributed by atoms with Crippen LogP contribution in [0.3, 0.4) is 0 Å². The number of nitrogens with one attached hydrogen (secondary N) is 1. The molecule has 0 aliphatic carbocycles. The van der Waals surface area contributed by atoms with Crippen molar-refractivity contribution in [3.8, 4) is 0 Å². The fraction of sp³-hybridized carbons (Fsp3) is 0.625. The molecule has 1 aromatic carbocycles. The molecular weight excluding hydrogens is 279 g/mol. The zero-order valence-corrected chi connectivity index (χ0v) is 12.8. The third-order valence-electron chi connectivity index (χ3n) is 3.21. The van der Waals surface area contributed by atoms with E-state index in [4.69, 9.17) is 4.74 Å². The molecule has 0 spiro atoms. The molecule has 5 heteroatoms. The van der Waals surface area contributed by atoms with Crippen molar-refractivity contribution < 1.29 is 17.9 Å². The quantitative estimate of drug-likeness (QED) is 0.711. The highest BCUT2D eigenvalue weighted by Gasteiger charge is 2.30. The molecule has 0 heterocycles. The first-order chi connectivity index (χ1) is 9.80. The van der Waals surface area contributed by atoms with E-state index in [-0.39, 0.29) is 12.1 Å². The summed E-state index contributed by atoms with van der Waals surface area (Å²) in [6.45, 7) is 7.53. The summed E-state index contributed by atoms with van der Waals surface area (Å²) < 4.78 is 42.9. The minimum absolute atomic E-state index is 0.0401. The van der Waals surface area contributed by atoms with Gasteiger partial charge in [0, 0.05) is 12.6 Å². The normalized spacial score (nSPS) is 13.7. The second kappa shape index (κ2) is 8.39. The highest BCUT2D eigenvalue weighted by atomic mass is 19.4. The van der Waals surface area contributed by atoms with Gasteiger partial charge in [0.25, 0.3) is 0 Å². The van der Waals surface area contributed by atoms with E-state index in [9.17, 15) is 13.2 Å². The van der Waals surface area contributed by atoms with Crippen LogP contribution in [-0.2, 0) is 10.9 Å². The number of ether oxygens (including phenoxy) is 1. The fourth-order valence-electron chi connectivity index (χ4n) is 1.94. The van der Waals surface area contributed by atoms with Gasteiger partial charge < -0.3 is 10.1 Å². The van der Waals surface area contributed by atoms with E-state index in [1.54, 1.807) is 0 Å². The van der Waals surface area contributed by atoms with Gasteiger partial charge in [0.05, 0.1) is 11.7 Å². The minimum atomic E-state index is -4.27. The molecule has 1 rings (SSSR count). The van der Waals surface area contributed by atoms with Gasteiger partial charge in [0.15, 0.2) is 0 Å². The summed E-state index contributed by atoms with van der Waals surface area (Å²) >= 11 is 0. The van der Waals surface area contributed by atoms with Gasteiger partial charge in [-0.05, 0) is 57.9 Å². The van der Waals surface area contributed by atoms with Gasteiger partial charge in [-0.1, -0.05) is 12.1 Å². The van der Waals surface area contributed by atoms with Gasteiger partial charge in [0.2, 0.25) is 0 Å². The molecule has 21 heavy (non-hydrogen) atoms. The van der Waals surface area contributed by atoms with E-state index in [0.29, 0.717) is 0 Å². The summed E-state index contributed by atoms with van der Waals surface area (Å²) in [5, 5.41) is 3.31. The first-order valence-electron chi connectivity index (χ1n) is 7.33. The highest BCUT2D eigenvalue weighted by Crippen LogP contribution is 2.29. The Labute approximate surface area is 124 Å². The fourth-order valence-corrected chi connectivity index (χ4v) is 1.94. The Morgan fingerprint density at radius 3 is 2.19 bits per heavy atom. The number of unbranched alkanes of at least 4 members (excludes halogenated alkanes) is 1. The van der Waals surface area contributed by atoms with Gasteiger partial charge in [0.1, 0.15) is 0 Å². The van der Waals surface area contributed by atoms with Crippen molar-refractivity contribution in [1.29, 1.82) is 0 Å². The van der Waals surface area contributed by atoms with Gasteiger partial charge in [-0.3, -0.25) is 0 Å². The van der Waals surface area contributed by atoms with Crippen LogP contribution in [0.2, 0.25) is 0 Å². The van der Waals surface area contributed by atoms with Crippen LogP contribution in [-0.4, -0.2) is 19.3 Å². The Balaban J connectivity index is 2.30. The average Bonchev–Trinajstić information content (AvgIpc) is 2.41. The standard InChI is InChI=1S/C16H24F3NO/c1-12(2)21-11-5-4-10-20-13(3)14-6-8-15(9-7-14)16(17,18)19/h6-9,12-13,20H,4-5,10-11H2,1-3H3. The lowest BCUT2D eigenvalue weighted by Gasteiger charge is -2.15. The predicted molar refractivity (Wildman–Crippen MR) is 78.2 cm³/mol. The van der Waals surface area contributed by atoms with E-state index in [0.717, 1.165) is 43.7 Å². The Morgan fingerprint density at radius 2 is 1.67 bits per heavy atom. The Kier molecular flexibility index (Phi) is 7.18. The molecule has 0 saturated carbocycles. The van der Waals surface area contributed by atoms with Crippen LogP contribution in [0.1, 0.15) is 50.8 Å². The molecular formula is C16H24F3NO. The summed E-state index contributed by atoms with van der Waals surface area (Å²) in [7, 11) is 0. The van der Waals surface area contributed by atoms with Crippen LogP contribution in [0, 0.1) is 0 Å². The second-order valence-electron chi connectivity index (χ2n) is 5.42. The largest absolute Gasteiger partial charge is 0.416 e. The first-order valence-corrected chi connectivity index (χ1v) is 7.33. The van der Waals surface area contributed by atoms with E-state index < -0.39 is 11.7 Å². The van der Waals surface area contributed by atoms with Crippen LogP contribution in [0.15, 0.2) is 24.3 Å². The van der Waals surface area contributed by atoms with Crippen LogP contribution in [0.5, 0.6) is 0 Å². The molecule has 0 radical (unpaired) electrons.